The predicted molar refractivity (Wildman–Crippen MR) is 83.1 cm³/mol. The molecular weight excluding hydrogens is 226 g/mol. The molecule has 0 fully saturated rings. The summed E-state index contributed by atoms with van der Waals surface area (Å²) in [7, 11) is 2.10. The van der Waals surface area contributed by atoms with Crippen molar-refractivity contribution in [3.05, 3.63) is 0 Å². The second-order valence-corrected chi connectivity index (χ2v) is 7.81. The third-order valence-corrected chi connectivity index (χ3v) is 4.47. The summed E-state index contributed by atoms with van der Waals surface area (Å²) in [6.45, 7) is 9.18. The molecule has 0 amide bonds. The van der Waals surface area contributed by atoms with Gasteiger partial charge in [-0.1, -0.05) is 66.2 Å². The van der Waals surface area contributed by atoms with Crippen LogP contribution in [0, 0.1) is 0 Å². The lowest BCUT2D eigenvalue weighted by atomic mass is 10.1. The standard InChI is InChI=1S/C15H33NS/c1-6-7-8-9-10-11-12-14(16-5)13-17-15(2,3)4/h14,16H,6-13H2,1-5H3. The Labute approximate surface area is 114 Å². The summed E-state index contributed by atoms with van der Waals surface area (Å²) in [5, 5.41) is 3.46. The molecule has 0 aromatic carbocycles. The fourth-order valence-electron chi connectivity index (χ4n) is 1.83. The molecule has 0 radical (unpaired) electrons. The molecule has 0 aliphatic heterocycles. The first-order chi connectivity index (χ1) is 7.99. The summed E-state index contributed by atoms with van der Waals surface area (Å²) >= 11 is 2.08. The first-order valence-corrected chi connectivity index (χ1v) is 8.29. The van der Waals surface area contributed by atoms with E-state index >= 15 is 0 Å². The van der Waals surface area contributed by atoms with Crippen LogP contribution in [0.3, 0.4) is 0 Å². The van der Waals surface area contributed by atoms with Crippen LogP contribution in [0.4, 0.5) is 0 Å². The fourth-order valence-corrected chi connectivity index (χ4v) is 2.87. The second-order valence-electron chi connectivity index (χ2n) is 5.97. The van der Waals surface area contributed by atoms with Gasteiger partial charge in [0, 0.05) is 16.5 Å². The molecule has 0 rings (SSSR count). The zero-order valence-corrected chi connectivity index (χ0v) is 13.5. The van der Waals surface area contributed by atoms with Crippen LogP contribution in [0.15, 0.2) is 0 Å². The van der Waals surface area contributed by atoms with Crippen LogP contribution in [-0.4, -0.2) is 23.6 Å². The van der Waals surface area contributed by atoms with Crippen LogP contribution in [0.2, 0.25) is 0 Å². The van der Waals surface area contributed by atoms with Gasteiger partial charge in [-0.25, -0.2) is 0 Å². The van der Waals surface area contributed by atoms with Gasteiger partial charge in [0.1, 0.15) is 0 Å². The van der Waals surface area contributed by atoms with Crippen molar-refractivity contribution in [3.63, 3.8) is 0 Å². The summed E-state index contributed by atoms with van der Waals surface area (Å²) in [6, 6.07) is 0.699. The number of rotatable bonds is 10. The van der Waals surface area contributed by atoms with E-state index in [0.717, 1.165) is 0 Å². The first-order valence-electron chi connectivity index (χ1n) is 7.31. The smallest absolute Gasteiger partial charge is 0.0155 e. The quantitative estimate of drug-likeness (QED) is 0.562. The Bertz CT molecular complexity index is 163. The van der Waals surface area contributed by atoms with Gasteiger partial charge in [-0.2, -0.15) is 11.8 Å². The highest BCUT2D eigenvalue weighted by Gasteiger charge is 2.14. The van der Waals surface area contributed by atoms with Crippen LogP contribution in [0.5, 0.6) is 0 Å². The van der Waals surface area contributed by atoms with E-state index in [-0.39, 0.29) is 0 Å². The van der Waals surface area contributed by atoms with Crippen LogP contribution in [0.25, 0.3) is 0 Å². The molecule has 0 heterocycles. The highest BCUT2D eigenvalue weighted by Crippen LogP contribution is 2.24. The second kappa shape index (κ2) is 10.3. The lowest BCUT2D eigenvalue weighted by Crippen LogP contribution is -2.29. The lowest BCUT2D eigenvalue weighted by Gasteiger charge is -2.22. The Kier molecular flexibility index (Phi) is 10.4. The normalized spacial score (nSPS) is 13.9. The van der Waals surface area contributed by atoms with E-state index in [1.54, 1.807) is 0 Å². The molecule has 0 aliphatic carbocycles. The summed E-state index contributed by atoms with van der Waals surface area (Å²) in [5.74, 6) is 1.25. The zero-order valence-electron chi connectivity index (χ0n) is 12.6. The van der Waals surface area contributed by atoms with Gasteiger partial charge in [-0.3, -0.25) is 0 Å². The summed E-state index contributed by atoms with van der Waals surface area (Å²) in [4.78, 5) is 0. The van der Waals surface area contributed by atoms with E-state index in [0.29, 0.717) is 10.8 Å². The van der Waals surface area contributed by atoms with Crippen molar-refractivity contribution >= 4 is 11.8 Å². The molecule has 1 atom stereocenters. The maximum atomic E-state index is 3.46. The molecule has 0 bridgehead atoms. The van der Waals surface area contributed by atoms with E-state index in [1.165, 1.54) is 50.7 Å². The van der Waals surface area contributed by atoms with Gasteiger partial charge in [0.2, 0.25) is 0 Å². The molecule has 17 heavy (non-hydrogen) atoms. The number of hydrogen-bond donors (Lipinski definition) is 1. The Morgan fingerprint density at radius 1 is 1.00 bits per heavy atom. The van der Waals surface area contributed by atoms with Gasteiger partial charge in [0.05, 0.1) is 0 Å². The van der Waals surface area contributed by atoms with Gasteiger partial charge < -0.3 is 5.32 Å². The van der Waals surface area contributed by atoms with Crippen LogP contribution >= 0.6 is 11.8 Å². The molecule has 1 unspecified atom stereocenters. The van der Waals surface area contributed by atoms with Crippen molar-refractivity contribution in [3.8, 4) is 0 Å². The number of nitrogens with one attached hydrogen (secondary N) is 1. The van der Waals surface area contributed by atoms with Gasteiger partial charge in [-0.15, -0.1) is 0 Å². The maximum absolute atomic E-state index is 3.46. The van der Waals surface area contributed by atoms with E-state index in [9.17, 15) is 0 Å². The van der Waals surface area contributed by atoms with E-state index in [1.807, 2.05) is 0 Å². The zero-order chi connectivity index (χ0) is 13.1. The average Bonchev–Trinajstić information content (AvgIpc) is 2.26. The molecule has 1 nitrogen and oxygen atoms in total. The predicted octanol–water partition coefficient (Wildman–Crippen LogP) is 4.86. The number of hydrogen-bond acceptors (Lipinski definition) is 2. The van der Waals surface area contributed by atoms with Crippen molar-refractivity contribution in [2.75, 3.05) is 12.8 Å². The minimum Gasteiger partial charge on any atom is -0.316 e. The molecular formula is C15H33NS. The number of thioether (sulfide) groups is 1. The molecule has 0 aliphatic rings. The van der Waals surface area contributed by atoms with Gasteiger partial charge >= 0.3 is 0 Å². The average molecular weight is 260 g/mol. The van der Waals surface area contributed by atoms with Crippen LogP contribution in [-0.2, 0) is 0 Å². The Balaban J connectivity index is 3.48. The monoisotopic (exact) mass is 259 g/mol. The minimum atomic E-state index is 0.399. The molecule has 2 heteroatoms. The van der Waals surface area contributed by atoms with Crippen molar-refractivity contribution in [1.82, 2.24) is 5.32 Å². The van der Waals surface area contributed by atoms with Crippen molar-refractivity contribution < 1.29 is 0 Å². The minimum absolute atomic E-state index is 0.399. The summed E-state index contributed by atoms with van der Waals surface area (Å²) in [6.07, 6.45) is 9.76. The molecule has 0 saturated heterocycles. The van der Waals surface area contributed by atoms with Crippen LogP contribution in [0.1, 0.15) is 72.6 Å². The highest BCUT2D eigenvalue weighted by atomic mass is 32.2. The highest BCUT2D eigenvalue weighted by molar-refractivity contribution is 8.00. The van der Waals surface area contributed by atoms with Crippen LogP contribution < -0.4 is 5.32 Å². The topological polar surface area (TPSA) is 12.0 Å². The van der Waals surface area contributed by atoms with Crippen molar-refractivity contribution in [2.45, 2.75) is 83.4 Å². The van der Waals surface area contributed by atoms with Gasteiger partial charge in [0.15, 0.2) is 0 Å². The molecule has 0 aromatic heterocycles. The third-order valence-electron chi connectivity index (χ3n) is 3.03. The Morgan fingerprint density at radius 2 is 1.59 bits per heavy atom. The van der Waals surface area contributed by atoms with E-state index in [2.05, 4.69) is 51.8 Å². The molecule has 104 valence electrons. The number of unbranched alkanes of at least 4 members (excludes halogenated alkanes) is 5. The summed E-state index contributed by atoms with van der Waals surface area (Å²) in [5.41, 5.74) is 0. The Morgan fingerprint density at radius 3 is 2.12 bits per heavy atom. The summed E-state index contributed by atoms with van der Waals surface area (Å²) < 4.78 is 0.399. The SMILES string of the molecule is CCCCCCCCC(CSC(C)(C)C)NC. The largest absolute Gasteiger partial charge is 0.316 e. The first kappa shape index (κ1) is 17.3. The molecule has 1 N–H and O–H groups in total. The molecule has 0 saturated carbocycles. The van der Waals surface area contributed by atoms with Gasteiger partial charge in [0.25, 0.3) is 0 Å². The van der Waals surface area contributed by atoms with Crippen molar-refractivity contribution in [2.24, 2.45) is 0 Å². The fraction of sp³-hybridized carbons (Fsp3) is 1.00. The van der Waals surface area contributed by atoms with Crippen molar-refractivity contribution in [1.29, 1.82) is 0 Å². The molecule has 0 spiro atoms. The molecule has 0 aromatic rings. The Hall–Kier alpha value is 0.310. The van der Waals surface area contributed by atoms with E-state index < -0.39 is 0 Å². The maximum Gasteiger partial charge on any atom is 0.0155 e. The third kappa shape index (κ3) is 12.6. The lowest BCUT2D eigenvalue weighted by molar-refractivity contribution is 0.513. The van der Waals surface area contributed by atoms with E-state index in [4.69, 9.17) is 0 Å². The van der Waals surface area contributed by atoms with Gasteiger partial charge in [-0.05, 0) is 13.5 Å².